The fraction of sp³-hybridized carbons (Fsp3) is 0. The van der Waals surface area contributed by atoms with Crippen molar-refractivity contribution in [1.82, 2.24) is 9.97 Å². The lowest BCUT2D eigenvalue weighted by molar-refractivity contribution is 1.19. The average molecular weight is 349 g/mol. The van der Waals surface area contributed by atoms with Gasteiger partial charge < -0.3 is 16.8 Å². The van der Waals surface area contributed by atoms with E-state index in [1.54, 1.807) is 18.2 Å². The minimum Gasteiger partial charge on any atom is -0.383 e. The number of aromatic nitrogens is 2. The molecule has 2 aromatic rings. The van der Waals surface area contributed by atoms with Crippen molar-refractivity contribution in [3.05, 3.63) is 32.7 Å². The van der Waals surface area contributed by atoms with Gasteiger partial charge in [-0.3, -0.25) is 0 Å². The van der Waals surface area contributed by atoms with Crippen LogP contribution in [0.5, 0.6) is 0 Å². The maximum Gasteiger partial charge on any atom is 0.223 e. The molecular formula is C10H8BrCl2N5. The van der Waals surface area contributed by atoms with Crippen molar-refractivity contribution in [2.75, 3.05) is 16.8 Å². The number of anilines is 4. The molecule has 18 heavy (non-hydrogen) atoms. The summed E-state index contributed by atoms with van der Waals surface area (Å²) in [5.74, 6) is 0.793. The van der Waals surface area contributed by atoms with Gasteiger partial charge >= 0.3 is 0 Å². The summed E-state index contributed by atoms with van der Waals surface area (Å²) in [4.78, 5) is 7.75. The second-order valence-electron chi connectivity index (χ2n) is 3.38. The molecule has 0 aliphatic rings. The third kappa shape index (κ3) is 2.77. The monoisotopic (exact) mass is 347 g/mol. The Balaban J connectivity index is 2.37. The summed E-state index contributed by atoms with van der Waals surface area (Å²) in [5, 5.41) is 3.76. The van der Waals surface area contributed by atoms with Crippen LogP contribution in [0.1, 0.15) is 0 Å². The van der Waals surface area contributed by atoms with Gasteiger partial charge in [0.15, 0.2) is 0 Å². The molecule has 0 aliphatic carbocycles. The summed E-state index contributed by atoms with van der Waals surface area (Å²) in [7, 11) is 0. The van der Waals surface area contributed by atoms with Crippen molar-refractivity contribution < 1.29 is 0 Å². The molecule has 0 spiro atoms. The zero-order chi connectivity index (χ0) is 13.3. The van der Waals surface area contributed by atoms with E-state index in [9.17, 15) is 0 Å². The van der Waals surface area contributed by atoms with Gasteiger partial charge in [-0.2, -0.15) is 9.97 Å². The molecule has 5 nitrogen and oxygen atoms in total. The van der Waals surface area contributed by atoms with Gasteiger partial charge in [0.25, 0.3) is 0 Å². The van der Waals surface area contributed by atoms with E-state index in [4.69, 9.17) is 34.7 Å². The summed E-state index contributed by atoms with van der Waals surface area (Å²) in [6, 6.07) is 5.07. The van der Waals surface area contributed by atoms with E-state index in [1.165, 1.54) is 0 Å². The average Bonchev–Trinajstić information content (AvgIpc) is 2.29. The smallest absolute Gasteiger partial charge is 0.223 e. The Morgan fingerprint density at radius 2 is 1.83 bits per heavy atom. The number of nitrogens with one attached hydrogen (secondary N) is 1. The highest BCUT2D eigenvalue weighted by atomic mass is 79.9. The van der Waals surface area contributed by atoms with Crippen LogP contribution in [0.25, 0.3) is 0 Å². The molecule has 8 heteroatoms. The maximum atomic E-state index is 6.10. The highest BCUT2D eigenvalue weighted by molar-refractivity contribution is 9.10. The molecule has 0 aliphatic heterocycles. The third-order valence-corrected chi connectivity index (χ3v) is 3.83. The van der Waals surface area contributed by atoms with Crippen LogP contribution in [0, 0.1) is 0 Å². The minimum absolute atomic E-state index is 0.0804. The molecule has 0 bridgehead atoms. The summed E-state index contributed by atoms with van der Waals surface area (Å²) in [6.07, 6.45) is 0. The van der Waals surface area contributed by atoms with Crippen LogP contribution in [0.2, 0.25) is 10.0 Å². The molecular weight excluding hydrogens is 341 g/mol. The summed E-state index contributed by atoms with van der Waals surface area (Å²) >= 11 is 15.4. The predicted octanol–water partition coefficient (Wildman–Crippen LogP) is 3.45. The zero-order valence-corrected chi connectivity index (χ0v) is 12.0. The normalized spacial score (nSPS) is 10.4. The minimum atomic E-state index is 0.0804. The molecule has 0 saturated carbocycles. The van der Waals surface area contributed by atoms with E-state index >= 15 is 0 Å². The molecule has 94 valence electrons. The molecule has 0 amide bonds. The van der Waals surface area contributed by atoms with Gasteiger partial charge in [-0.25, -0.2) is 0 Å². The molecule has 1 aromatic heterocycles. The Bertz CT molecular complexity index is 585. The number of benzene rings is 1. The van der Waals surface area contributed by atoms with Gasteiger partial charge in [0.05, 0.1) is 15.7 Å². The third-order valence-electron chi connectivity index (χ3n) is 2.06. The van der Waals surface area contributed by atoms with E-state index in [0.29, 0.717) is 26.0 Å². The molecule has 0 radical (unpaired) electrons. The number of hydrogen-bond acceptors (Lipinski definition) is 5. The molecule has 1 aromatic carbocycles. The molecule has 0 unspecified atom stereocenters. The van der Waals surface area contributed by atoms with Crippen molar-refractivity contribution in [2.24, 2.45) is 0 Å². The van der Waals surface area contributed by atoms with Gasteiger partial charge in [0.2, 0.25) is 5.95 Å². The fourth-order valence-electron chi connectivity index (χ4n) is 1.31. The standard InChI is InChI=1S/C10H8BrCl2N5/c11-4-1-2-5(9(13)8(4)12)16-7-3-6(14)17-10(15)18-7/h1-3H,(H5,14,15,16,17,18). The molecule has 1 heterocycles. The van der Waals surface area contributed by atoms with E-state index < -0.39 is 0 Å². The Morgan fingerprint density at radius 3 is 2.50 bits per heavy atom. The number of rotatable bonds is 2. The zero-order valence-electron chi connectivity index (χ0n) is 8.92. The largest absolute Gasteiger partial charge is 0.383 e. The quantitative estimate of drug-likeness (QED) is 0.723. The number of nitrogens with zero attached hydrogens (tertiary/aromatic N) is 2. The first-order valence-corrected chi connectivity index (χ1v) is 6.33. The lowest BCUT2D eigenvalue weighted by atomic mass is 10.3. The lowest BCUT2D eigenvalue weighted by Crippen LogP contribution is -2.03. The molecule has 0 fully saturated rings. The van der Waals surface area contributed by atoms with Gasteiger partial charge in [-0.1, -0.05) is 23.2 Å². The van der Waals surface area contributed by atoms with Crippen LogP contribution in [0.4, 0.5) is 23.3 Å². The summed E-state index contributed by atoms with van der Waals surface area (Å²) in [5.41, 5.74) is 11.7. The Morgan fingerprint density at radius 1 is 1.11 bits per heavy atom. The fourth-order valence-corrected chi connectivity index (χ4v) is 2.13. The molecule has 0 atom stereocenters. The van der Waals surface area contributed by atoms with Crippen LogP contribution < -0.4 is 16.8 Å². The van der Waals surface area contributed by atoms with E-state index in [0.717, 1.165) is 0 Å². The first-order valence-electron chi connectivity index (χ1n) is 4.78. The first kappa shape index (κ1) is 13.2. The molecule has 0 saturated heterocycles. The van der Waals surface area contributed by atoms with Gasteiger partial charge in [-0.05, 0) is 28.1 Å². The highest BCUT2D eigenvalue weighted by Crippen LogP contribution is 2.36. The van der Waals surface area contributed by atoms with Crippen LogP contribution in [-0.2, 0) is 0 Å². The van der Waals surface area contributed by atoms with Crippen molar-refractivity contribution in [3.8, 4) is 0 Å². The van der Waals surface area contributed by atoms with E-state index in [1.807, 2.05) is 0 Å². The van der Waals surface area contributed by atoms with Crippen molar-refractivity contribution in [1.29, 1.82) is 0 Å². The maximum absolute atomic E-state index is 6.10. The molecule has 2 rings (SSSR count). The van der Waals surface area contributed by atoms with Crippen LogP contribution in [-0.4, -0.2) is 9.97 Å². The van der Waals surface area contributed by atoms with Gasteiger partial charge in [-0.15, -0.1) is 0 Å². The van der Waals surface area contributed by atoms with Crippen molar-refractivity contribution in [2.45, 2.75) is 0 Å². The number of nitrogen functional groups attached to an aromatic ring is 2. The first-order chi connectivity index (χ1) is 8.47. The highest BCUT2D eigenvalue weighted by Gasteiger charge is 2.09. The summed E-state index contributed by atoms with van der Waals surface area (Å²) < 4.78 is 0.710. The Kier molecular flexibility index (Phi) is 3.79. The SMILES string of the molecule is Nc1cc(Nc2ccc(Br)c(Cl)c2Cl)nc(N)n1. The van der Waals surface area contributed by atoms with Crippen LogP contribution >= 0.6 is 39.1 Å². The van der Waals surface area contributed by atoms with Crippen LogP contribution in [0.3, 0.4) is 0 Å². The van der Waals surface area contributed by atoms with Crippen molar-refractivity contribution in [3.63, 3.8) is 0 Å². The van der Waals surface area contributed by atoms with Crippen molar-refractivity contribution >= 4 is 62.4 Å². The topological polar surface area (TPSA) is 89.8 Å². The van der Waals surface area contributed by atoms with Crippen LogP contribution in [0.15, 0.2) is 22.7 Å². The Labute approximate surface area is 122 Å². The lowest BCUT2D eigenvalue weighted by Gasteiger charge is -2.10. The molecule has 5 N–H and O–H groups in total. The van der Waals surface area contributed by atoms with Gasteiger partial charge in [0.1, 0.15) is 11.6 Å². The Hall–Kier alpha value is -1.24. The van der Waals surface area contributed by atoms with Gasteiger partial charge in [0, 0.05) is 10.5 Å². The number of hydrogen-bond donors (Lipinski definition) is 3. The van der Waals surface area contributed by atoms with E-state index in [-0.39, 0.29) is 11.8 Å². The number of nitrogens with two attached hydrogens (primary N) is 2. The van der Waals surface area contributed by atoms with E-state index in [2.05, 4.69) is 31.2 Å². The summed E-state index contributed by atoms with van der Waals surface area (Å²) in [6.45, 7) is 0. The second kappa shape index (κ2) is 5.17. The predicted molar refractivity (Wildman–Crippen MR) is 78.3 cm³/mol. The second-order valence-corrected chi connectivity index (χ2v) is 4.99. The number of halogens is 3.